The van der Waals surface area contributed by atoms with Crippen molar-refractivity contribution < 1.29 is 9.59 Å². The molecule has 4 heteroatoms. The molecular formula is C21H22N2O2. The maximum Gasteiger partial charge on any atom is 0.251 e. The molecule has 0 bridgehead atoms. The second-order valence-corrected chi connectivity index (χ2v) is 6.78. The number of nitrogens with one attached hydrogen (secondary N) is 2. The molecule has 0 heterocycles. The Labute approximate surface area is 148 Å². The summed E-state index contributed by atoms with van der Waals surface area (Å²) in [5.41, 5.74) is 2.98. The summed E-state index contributed by atoms with van der Waals surface area (Å²) in [4.78, 5) is 24.1. The summed E-state index contributed by atoms with van der Waals surface area (Å²) in [5.74, 6) is 1.91. The zero-order chi connectivity index (χ0) is 18.4. The van der Waals surface area contributed by atoms with Gasteiger partial charge in [0.2, 0.25) is 5.91 Å². The van der Waals surface area contributed by atoms with E-state index in [-0.39, 0.29) is 23.8 Å². The van der Waals surface area contributed by atoms with Gasteiger partial charge in [-0.25, -0.2) is 0 Å². The van der Waals surface area contributed by atoms with Gasteiger partial charge >= 0.3 is 0 Å². The van der Waals surface area contributed by atoms with Crippen LogP contribution in [0.2, 0.25) is 0 Å². The minimum absolute atomic E-state index is 0.0296. The molecule has 0 aromatic heterocycles. The molecule has 0 saturated carbocycles. The van der Waals surface area contributed by atoms with Crippen molar-refractivity contribution in [1.29, 1.82) is 0 Å². The van der Waals surface area contributed by atoms with Gasteiger partial charge in [-0.3, -0.25) is 9.59 Å². The monoisotopic (exact) mass is 334 g/mol. The zero-order valence-electron chi connectivity index (χ0n) is 14.7. The first-order valence-electron chi connectivity index (χ1n) is 8.05. The normalized spacial score (nSPS) is 10.6. The molecule has 0 atom stereocenters. The number of anilines is 1. The summed E-state index contributed by atoms with van der Waals surface area (Å²) >= 11 is 0. The van der Waals surface area contributed by atoms with E-state index in [4.69, 9.17) is 6.42 Å². The van der Waals surface area contributed by atoms with Crippen molar-refractivity contribution in [2.45, 2.75) is 26.2 Å². The molecule has 25 heavy (non-hydrogen) atoms. The van der Waals surface area contributed by atoms with Crippen molar-refractivity contribution in [2.24, 2.45) is 0 Å². The molecule has 4 nitrogen and oxygen atoms in total. The Morgan fingerprint density at radius 3 is 2.36 bits per heavy atom. The van der Waals surface area contributed by atoms with E-state index in [0.717, 1.165) is 5.56 Å². The van der Waals surface area contributed by atoms with Crippen LogP contribution in [0.15, 0.2) is 48.5 Å². The van der Waals surface area contributed by atoms with Crippen LogP contribution in [-0.4, -0.2) is 18.4 Å². The Kier molecular flexibility index (Phi) is 5.61. The molecule has 2 amide bonds. The summed E-state index contributed by atoms with van der Waals surface area (Å²) in [5, 5.41) is 5.32. The minimum Gasteiger partial charge on any atom is -0.343 e. The molecule has 0 saturated heterocycles. The molecule has 2 rings (SSSR count). The Morgan fingerprint density at radius 2 is 1.76 bits per heavy atom. The lowest BCUT2D eigenvalue weighted by atomic mass is 9.87. The van der Waals surface area contributed by atoms with E-state index in [1.54, 1.807) is 36.4 Å². The van der Waals surface area contributed by atoms with E-state index >= 15 is 0 Å². The van der Waals surface area contributed by atoms with Gasteiger partial charge in [0.1, 0.15) is 0 Å². The van der Waals surface area contributed by atoms with E-state index in [2.05, 4.69) is 37.3 Å². The topological polar surface area (TPSA) is 58.2 Å². The number of carbonyl (C=O) groups is 2. The number of carbonyl (C=O) groups excluding carboxylic acids is 2. The fraction of sp³-hybridized carbons (Fsp3) is 0.238. The highest BCUT2D eigenvalue weighted by molar-refractivity contribution is 5.99. The summed E-state index contributed by atoms with van der Waals surface area (Å²) < 4.78 is 0. The van der Waals surface area contributed by atoms with Gasteiger partial charge in [-0.1, -0.05) is 44.9 Å². The van der Waals surface area contributed by atoms with Crippen LogP contribution < -0.4 is 10.6 Å². The molecule has 0 aliphatic carbocycles. The number of rotatable bonds is 4. The highest BCUT2D eigenvalue weighted by Crippen LogP contribution is 2.22. The second-order valence-electron chi connectivity index (χ2n) is 6.78. The van der Waals surface area contributed by atoms with Gasteiger partial charge in [0, 0.05) is 16.8 Å². The van der Waals surface area contributed by atoms with Gasteiger partial charge in [0.05, 0.1) is 6.54 Å². The molecule has 128 valence electrons. The van der Waals surface area contributed by atoms with Crippen LogP contribution in [0.3, 0.4) is 0 Å². The van der Waals surface area contributed by atoms with Crippen molar-refractivity contribution in [1.82, 2.24) is 5.32 Å². The van der Waals surface area contributed by atoms with Gasteiger partial charge in [-0.2, -0.15) is 0 Å². The molecule has 2 aromatic carbocycles. The standard InChI is InChI=1S/C21H22N2O2/c1-5-15-7-6-8-18(13-15)23-19(24)14-22-20(25)16-9-11-17(12-10-16)21(2,3)4/h1,6-13H,14H2,2-4H3,(H,22,25)(H,23,24). The maximum atomic E-state index is 12.1. The van der Waals surface area contributed by atoms with Crippen LogP contribution in [0.1, 0.15) is 42.3 Å². The smallest absolute Gasteiger partial charge is 0.251 e. The number of hydrogen-bond acceptors (Lipinski definition) is 2. The summed E-state index contributed by atoms with van der Waals surface area (Å²) in [6.45, 7) is 6.23. The molecule has 0 spiro atoms. The van der Waals surface area contributed by atoms with E-state index < -0.39 is 0 Å². The average molecular weight is 334 g/mol. The number of amides is 2. The van der Waals surface area contributed by atoms with E-state index in [1.807, 2.05) is 12.1 Å². The summed E-state index contributed by atoms with van der Waals surface area (Å²) in [7, 11) is 0. The predicted octanol–water partition coefficient (Wildman–Crippen LogP) is 3.33. The molecule has 0 unspecified atom stereocenters. The first-order chi connectivity index (χ1) is 11.8. The molecule has 2 aromatic rings. The molecule has 0 radical (unpaired) electrons. The molecule has 2 N–H and O–H groups in total. The number of terminal acetylenes is 1. The quantitative estimate of drug-likeness (QED) is 0.843. The van der Waals surface area contributed by atoms with Crippen LogP contribution >= 0.6 is 0 Å². The van der Waals surface area contributed by atoms with Crippen LogP contribution in [-0.2, 0) is 10.2 Å². The van der Waals surface area contributed by atoms with Crippen molar-refractivity contribution in [3.05, 3.63) is 65.2 Å². The first-order valence-corrected chi connectivity index (χ1v) is 8.05. The van der Waals surface area contributed by atoms with Gasteiger partial charge < -0.3 is 10.6 Å². The van der Waals surface area contributed by atoms with Crippen molar-refractivity contribution in [2.75, 3.05) is 11.9 Å². The van der Waals surface area contributed by atoms with E-state index in [0.29, 0.717) is 16.8 Å². The minimum atomic E-state index is -0.311. The Hall–Kier alpha value is -3.06. The molecule has 0 fully saturated rings. The van der Waals surface area contributed by atoms with Gasteiger partial charge in [-0.15, -0.1) is 6.42 Å². The van der Waals surface area contributed by atoms with Gasteiger partial charge in [0.15, 0.2) is 0 Å². The third-order valence-electron chi connectivity index (χ3n) is 3.74. The lowest BCUT2D eigenvalue weighted by Gasteiger charge is -2.19. The lowest BCUT2D eigenvalue weighted by molar-refractivity contribution is -0.115. The van der Waals surface area contributed by atoms with Crippen molar-refractivity contribution in [3.63, 3.8) is 0 Å². The largest absolute Gasteiger partial charge is 0.343 e. The predicted molar refractivity (Wildman–Crippen MR) is 100 cm³/mol. The Morgan fingerprint density at radius 1 is 1.08 bits per heavy atom. The number of benzene rings is 2. The fourth-order valence-electron chi connectivity index (χ4n) is 2.28. The van der Waals surface area contributed by atoms with Crippen LogP contribution in [0.5, 0.6) is 0 Å². The van der Waals surface area contributed by atoms with Crippen LogP contribution in [0.4, 0.5) is 5.69 Å². The Bertz CT molecular complexity index is 809. The average Bonchev–Trinajstić information content (AvgIpc) is 2.59. The van der Waals surface area contributed by atoms with E-state index in [1.165, 1.54) is 0 Å². The highest BCUT2D eigenvalue weighted by Gasteiger charge is 2.14. The fourth-order valence-corrected chi connectivity index (χ4v) is 2.28. The molecule has 0 aliphatic rings. The van der Waals surface area contributed by atoms with Crippen molar-refractivity contribution in [3.8, 4) is 12.3 Å². The molecular weight excluding hydrogens is 312 g/mol. The maximum absolute atomic E-state index is 12.1. The third-order valence-corrected chi connectivity index (χ3v) is 3.74. The second kappa shape index (κ2) is 7.67. The lowest BCUT2D eigenvalue weighted by Crippen LogP contribution is -2.32. The van der Waals surface area contributed by atoms with Crippen LogP contribution in [0.25, 0.3) is 0 Å². The summed E-state index contributed by atoms with van der Waals surface area (Å²) in [6, 6.07) is 14.4. The van der Waals surface area contributed by atoms with Crippen molar-refractivity contribution >= 4 is 17.5 Å². The SMILES string of the molecule is C#Cc1cccc(NC(=O)CNC(=O)c2ccc(C(C)(C)C)cc2)c1. The first kappa shape index (κ1) is 18.3. The van der Waals surface area contributed by atoms with Gasteiger partial charge in [0.25, 0.3) is 5.91 Å². The number of hydrogen-bond donors (Lipinski definition) is 2. The Balaban J connectivity index is 1.91. The van der Waals surface area contributed by atoms with Gasteiger partial charge in [-0.05, 0) is 41.3 Å². The zero-order valence-corrected chi connectivity index (χ0v) is 14.7. The third kappa shape index (κ3) is 5.22. The summed E-state index contributed by atoms with van der Waals surface area (Å²) in [6.07, 6.45) is 5.33. The van der Waals surface area contributed by atoms with E-state index in [9.17, 15) is 9.59 Å². The van der Waals surface area contributed by atoms with Crippen LogP contribution in [0, 0.1) is 12.3 Å². The highest BCUT2D eigenvalue weighted by atomic mass is 16.2. The molecule has 0 aliphatic heterocycles.